The van der Waals surface area contributed by atoms with Gasteiger partial charge >= 0.3 is 5.97 Å². The number of carbonyl (C=O) groups is 2. The number of likely N-dealkylation sites (tertiary alicyclic amines) is 1. The van der Waals surface area contributed by atoms with Gasteiger partial charge in [-0.05, 0) is 13.3 Å². The molecule has 5 nitrogen and oxygen atoms in total. The second-order valence-corrected chi connectivity index (χ2v) is 5.27. The predicted molar refractivity (Wildman–Crippen MR) is 71.5 cm³/mol. The van der Waals surface area contributed by atoms with Gasteiger partial charge in [-0.25, -0.2) is 4.79 Å². The Balaban J connectivity index is 2.52. The molecule has 110 valence electrons. The maximum atomic E-state index is 12.1. The molecule has 0 saturated carbocycles. The topological polar surface area (TPSA) is 66.8 Å². The van der Waals surface area contributed by atoms with Crippen molar-refractivity contribution in [2.75, 3.05) is 19.7 Å². The van der Waals surface area contributed by atoms with Crippen LogP contribution in [0.5, 0.6) is 0 Å². The molecule has 1 heterocycles. The summed E-state index contributed by atoms with van der Waals surface area (Å²) in [6.45, 7) is 6.80. The van der Waals surface area contributed by atoms with Crippen LogP contribution in [-0.4, -0.2) is 47.2 Å². The number of ether oxygens (including phenoxy) is 1. The average molecular weight is 271 g/mol. The highest BCUT2D eigenvalue weighted by atomic mass is 16.5. The molecule has 1 unspecified atom stereocenters. The molecular formula is C14H25NO4. The molecule has 0 aromatic carbocycles. The Hall–Kier alpha value is -1.10. The second-order valence-electron chi connectivity index (χ2n) is 5.27. The van der Waals surface area contributed by atoms with E-state index in [4.69, 9.17) is 4.74 Å². The van der Waals surface area contributed by atoms with Crippen LogP contribution in [-0.2, 0) is 14.3 Å². The van der Waals surface area contributed by atoms with E-state index in [0.29, 0.717) is 13.1 Å². The van der Waals surface area contributed by atoms with Crippen LogP contribution in [0, 0.1) is 5.92 Å². The molecule has 1 aliphatic rings. The molecule has 1 saturated heterocycles. The summed E-state index contributed by atoms with van der Waals surface area (Å²) >= 11 is 0. The zero-order valence-electron chi connectivity index (χ0n) is 12.1. The number of rotatable bonds is 5. The number of piperidine rings is 1. The van der Waals surface area contributed by atoms with Crippen molar-refractivity contribution in [3.05, 3.63) is 0 Å². The van der Waals surface area contributed by atoms with Gasteiger partial charge in [-0.2, -0.15) is 0 Å². The van der Waals surface area contributed by atoms with Gasteiger partial charge in [-0.3, -0.25) is 4.79 Å². The van der Waals surface area contributed by atoms with Crippen molar-refractivity contribution in [1.82, 2.24) is 4.90 Å². The summed E-state index contributed by atoms with van der Waals surface area (Å²) in [5, 5.41) is 10.2. The fraction of sp³-hybridized carbons (Fsp3) is 0.857. The molecule has 19 heavy (non-hydrogen) atoms. The Morgan fingerprint density at radius 3 is 2.37 bits per heavy atom. The largest absolute Gasteiger partial charge is 0.464 e. The lowest BCUT2D eigenvalue weighted by Gasteiger charge is -2.37. The first-order valence-electron chi connectivity index (χ1n) is 7.13. The highest BCUT2D eigenvalue weighted by molar-refractivity contribution is 5.81. The van der Waals surface area contributed by atoms with Gasteiger partial charge < -0.3 is 14.7 Å². The van der Waals surface area contributed by atoms with Gasteiger partial charge in [-0.1, -0.05) is 20.3 Å². The first-order chi connectivity index (χ1) is 8.94. The summed E-state index contributed by atoms with van der Waals surface area (Å²) in [7, 11) is 0. The Morgan fingerprint density at radius 2 is 1.89 bits per heavy atom. The van der Waals surface area contributed by atoms with Crippen LogP contribution < -0.4 is 0 Å². The third kappa shape index (κ3) is 3.93. The molecule has 0 aromatic rings. The number of aliphatic hydroxyl groups is 1. The molecule has 0 radical (unpaired) electrons. The Kier molecular flexibility index (Phi) is 5.79. The van der Waals surface area contributed by atoms with Crippen molar-refractivity contribution in [2.45, 2.75) is 52.1 Å². The Bertz CT molecular complexity index is 321. The van der Waals surface area contributed by atoms with Crippen LogP contribution in [0.4, 0.5) is 0 Å². The van der Waals surface area contributed by atoms with Crippen molar-refractivity contribution >= 4 is 11.9 Å². The molecule has 0 aliphatic carbocycles. The lowest BCUT2D eigenvalue weighted by molar-refractivity contribution is -0.171. The summed E-state index contributed by atoms with van der Waals surface area (Å²) in [6, 6.07) is 0. The van der Waals surface area contributed by atoms with Crippen LogP contribution in [0.15, 0.2) is 0 Å². The van der Waals surface area contributed by atoms with Gasteiger partial charge in [-0.15, -0.1) is 0 Å². The van der Waals surface area contributed by atoms with E-state index in [1.54, 1.807) is 11.8 Å². The first-order valence-corrected chi connectivity index (χ1v) is 7.13. The monoisotopic (exact) mass is 271 g/mol. The minimum atomic E-state index is -1.42. The fourth-order valence-electron chi connectivity index (χ4n) is 2.43. The van der Waals surface area contributed by atoms with E-state index in [9.17, 15) is 14.7 Å². The van der Waals surface area contributed by atoms with Crippen molar-refractivity contribution in [3.8, 4) is 0 Å². The third-order valence-electron chi connectivity index (χ3n) is 3.70. The van der Waals surface area contributed by atoms with Crippen LogP contribution in [0.2, 0.25) is 0 Å². The minimum absolute atomic E-state index is 0.0128. The molecule has 1 N–H and O–H groups in total. The molecular weight excluding hydrogens is 246 g/mol. The van der Waals surface area contributed by atoms with E-state index in [1.807, 2.05) is 6.92 Å². The van der Waals surface area contributed by atoms with Gasteiger partial charge in [0, 0.05) is 31.8 Å². The van der Waals surface area contributed by atoms with Crippen LogP contribution >= 0.6 is 0 Å². The second kappa shape index (κ2) is 6.89. The van der Waals surface area contributed by atoms with Crippen molar-refractivity contribution < 1.29 is 19.4 Å². The van der Waals surface area contributed by atoms with Crippen molar-refractivity contribution in [1.29, 1.82) is 0 Å². The van der Waals surface area contributed by atoms with E-state index < -0.39 is 11.6 Å². The van der Waals surface area contributed by atoms with Crippen LogP contribution in [0.1, 0.15) is 46.5 Å². The highest BCUT2D eigenvalue weighted by Crippen LogP contribution is 2.25. The number of hydrogen-bond donors (Lipinski definition) is 1. The molecule has 1 amide bonds. The molecule has 0 bridgehead atoms. The number of amides is 1. The molecule has 0 aromatic heterocycles. The third-order valence-corrected chi connectivity index (χ3v) is 3.70. The molecule has 0 spiro atoms. The smallest absolute Gasteiger partial charge is 0.338 e. The van der Waals surface area contributed by atoms with E-state index in [1.165, 1.54) is 0 Å². The Labute approximate surface area is 114 Å². The maximum absolute atomic E-state index is 12.1. The van der Waals surface area contributed by atoms with Gasteiger partial charge in [0.15, 0.2) is 5.60 Å². The van der Waals surface area contributed by atoms with E-state index >= 15 is 0 Å². The van der Waals surface area contributed by atoms with Crippen LogP contribution in [0.25, 0.3) is 0 Å². The Morgan fingerprint density at radius 1 is 1.32 bits per heavy atom. The molecule has 1 atom stereocenters. The van der Waals surface area contributed by atoms with E-state index in [2.05, 4.69) is 6.92 Å². The van der Waals surface area contributed by atoms with E-state index in [-0.39, 0.29) is 31.3 Å². The summed E-state index contributed by atoms with van der Waals surface area (Å²) < 4.78 is 4.87. The molecule has 1 rings (SSSR count). The van der Waals surface area contributed by atoms with Crippen molar-refractivity contribution in [3.63, 3.8) is 0 Å². The maximum Gasteiger partial charge on any atom is 0.338 e. The van der Waals surface area contributed by atoms with Crippen LogP contribution in [0.3, 0.4) is 0 Å². The lowest BCUT2D eigenvalue weighted by Crippen LogP contribution is -2.52. The van der Waals surface area contributed by atoms with E-state index in [0.717, 1.165) is 12.8 Å². The van der Waals surface area contributed by atoms with Gasteiger partial charge in [0.2, 0.25) is 5.91 Å². The van der Waals surface area contributed by atoms with Crippen molar-refractivity contribution in [2.24, 2.45) is 5.92 Å². The standard InChI is InChI=1S/C14H25NO4/c1-4-6-11(3)12(16)15-9-7-14(18,8-10-15)13(17)19-5-2/h11,18H,4-10H2,1-3H3. The van der Waals surface area contributed by atoms with Gasteiger partial charge in [0.25, 0.3) is 0 Å². The van der Waals surface area contributed by atoms with Gasteiger partial charge in [0.05, 0.1) is 6.61 Å². The number of carbonyl (C=O) groups excluding carboxylic acids is 2. The summed E-state index contributed by atoms with van der Waals surface area (Å²) in [5.74, 6) is -0.435. The first kappa shape index (κ1) is 16.0. The summed E-state index contributed by atoms with van der Waals surface area (Å²) in [4.78, 5) is 25.5. The summed E-state index contributed by atoms with van der Waals surface area (Å²) in [5.41, 5.74) is -1.42. The highest BCUT2D eigenvalue weighted by Gasteiger charge is 2.41. The number of nitrogens with zero attached hydrogens (tertiary/aromatic N) is 1. The predicted octanol–water partition coefficient (Wildman–Crippen LogP) is 1.34. The normalized spacial score (nSPS) is 19.9. The lowest BCUT2D eigenvalue weighted by atomic mass is 9.90. The minimum Gasteiger partial charge on any atom is -0.464 e. The zero-order valence-corrected chi connectivity index (χ0v) is 12.1. The molecule has 1 fully saturated rings. The SMILES string of the molecule is CCCC(C)C(=O)N1CCC(O)(C(=O)OCC)CC1. The number of esters is 1. The molecule has 1 aliphatic heterocycles. The van der Waals surface area contributed by atoms with Gasteiger partial charge in [0.1, 0.15) is 0 Å². The zero-order chi connectivity index (χ0) is 14.5. The number of hydrogen-bond acceptors (Lipinski definition) is 4. The summed E-state index contributed by atoms with van der Waals surface area (Å²) in [6.07, 6.45) is 2.37. The molecule has 5 heteroatoms. The fourth-order valence-corrected chi connectivity index (χ4v) is 2.43. The quantitative estimate of drug-likeness (QED) is 0.766. The average Bonchev–Trinajstić information content (AvgIpc) is 2.39.